The third-order valence-corrected chi connectivity index (χ3v) is 5.59. The Bertz CT molecular complexity index is 738. The number of sulfonamides is 1. The van der Waals surface area contributed by atoms with Crippen molar-refractivity contribution in [1.29, 1.82) is 0 Å². The van der Waals surface area contributed by atoms with E-state index in [0.29, 0.717) is 32.8 Å². The fourth-order valence-corrected chi connectivity index (χ4v) is 3.92. The van der Waals surface area contributed by atoms with Crippen LogP contribution in [-0.4, -0.2) is 50.5 Å². The number of pyridine rings is 1. The first kappa shape index (κ1) is 15.8. The molecule has 1 fully saturated rings. The van der Waals surface area contributed by atoms with Crippen molar-refractivity contribution in [3.8, 4) is 5.75 Å². The molecule has 23 heavy (non-hydrogen) atoms. The quantitative estimate of drug-likeness (QED) is 0.825. The van der Waals surface area contributed by atoms with Crippen molar-refractivity contribution in [2.75, 3.05) is 37.7 Å². The Morgan fingerprint density at radius 3 is 2.70 bits per heavy atom. The second kappa shape index (κ2) is 6.59. The molecule has 2 aromatic heterocycles. The molecule has 0 atom stereocenters. The van der Waals surface area contributed by atoms with Gasteiger partial charge in [-0.2, -0.15) is 4.31 Å². The molecule has 0 aliphatic carbocycles. The molecule has 0 amide bonds. The van der Waals surface area contributed by atoms with Crippen molar-refractivity contribution >= 4 is 15.8 Å². The van der Waals surface area contributed by atoms with Gasteiger partial charge in [-0.25, -0.2) is 13.4 Å². The lowest BCUT2D eigenvalue weighted by molar-refractivity contribution is 0.335. The van der Waals surface area contributed by atoms with E-state index in [1.165, 1.54) is 22.9 Å². The van der Waals surface area contributed by atoms with Gasteiger partial charge in [-0.3, -0.25) is 0 Å². The monoisotopic (exact) mass is 337 g/mol. The van der Waals surface area contributed by atoms with Gasteiger partial charge >= 0.3 is 0 Å². The zero-order valence-corrected chi connectivity index (χ0v) is 13.7. The number of hydrogen-bond donors (Lipinski definition) is 0. The Hall–Kier alpha value is -2.06. The van der Waals surface area contributed by atoms with E-state index in [4.69, 9.17) is 9.15 Å². The van der Waals surface area contributed by atoms with E-state index in [9.17, 15) is 8.42 Å². The van der Waals surface area contributed by atoms with Gasteiger partial charge in [0, 0.05) is 32.4 Å². The van der Waals surface area contributed by atoms with Gasteiger partial charge in [0.25, 0.3) is 0 Å². The van der Waals surface area contributed by atoms with E-state index in [1.807, 2.05) is 24.0 Å². The maximum Gasteiger partial charge on any atom is 0.246 e. The van der Waals surface area contributed by atoms with E-state index < -0.39 is 10.0 Å². The predicted octanol–water partition coefficient (Wildman–Crippen LogP) is 1.58. The number of anilines is 1. The molecule has 1 aliphatic heterocycles. The van der Waals surface area contributed by atoms with Gasteiger partial charge in [0.1, 0.15) is 11.2 Å². The van der Waals surface area contributed by atoms with E-state index in [0.717, 1.165) is 11.6 Å². The Morgan fingerprint density at radius 1 is 1.26 bits per heavy atom. The van der Waals surface area contributed by atoms with Gasteiger partial charge in [0.15, 0.2) is 11.6 Å². The molecule has 0 radical (unpaired) electrons. The molecule has 0 N–H and O–H groups in total. The Balaban J connectivity index is 1.72. The molecule has 0 aromatic carbocycles. The van der Waals surface area contributed by atoms with E-state index >= 15 is 0 Å². The third kappa shape index (κ3) is 3.18. The lowest BCUT2D eigenvalue weighted by Gasteiger charge is -2.34. The lowest BCUT2D eigenvalue weighted by Crippen LogP contribution is -2.48. The van der Waals surface area contributed by atoms with Crippen LogP contribution in [0.5, 0.6) is 5.75 Å². The van der Waals surface area contributed by atoms with E-state index in [2.05, 4.69) is 4.98 Å². The minimum Gasteiger partial charge on any atom is -0.490 e. The number of rotatable bonds is 5. The second-order valence-electron chi connectivity index (χ2n) is 5.11. The van der Waals surface area contributed by atoms with Crippen molar-refractivity contribution < 1.29 is 17.6 Å². The van der Waals surface area contributed by atoms with Gasteiger partial charge in [-0.15, -0.1) is 0 Å². The largest absolute Gasteiger partial charge is 0.490 e. The standard InChI is InChI=1S/C15H19N3O4S/c1-2-22-14-4-3-6-16-15(14)17-7-9-18(10-8-17)23(19,20)13-5-11-21-12-13/h3-6,11-12H,2,7-10H2,1H3. The van der Waals surface area contributed by atoms with Crippen molar-refractivity contribution in [1.82, 2.24) is 9.29 Å². The van der Waals surface area contributed by atoms with Crippen LogP contribution in [0.15, 0.2) is 46.2 Å². The van der Waals surface area contributed by atoms with Crippen LogP contribution >= 0.6 is 0 Å². The van der Waals surface area contributed by atoms with Crippen molar-refractivity contribution in [3.05, 3.63) is 36.9 Å². The van der Waals surface area contributed by atoms with Crippen LogP contribution in [0.2, 0.25) is 0 Å². The first-order valence-corrected chi connectivity index (χ1v) is 8.92. The first-order valence-electron chi connectivity index (χ1n) is 7.48. The maximum absolute atomic E-state index is 12.5. The fraction of sp³-hybridized carbons (Fsp3) is 0.400. The fourth-order valence-electron chi connectivity index (χ4n) is 2.58. The summed E-state index contributed by atoms with van der Waals surface area (Å²) in [7, 11) is -3.48. The molecule has 1 saturated heterocycles. The zero-order chi connectivity index (χ0) is 16.3. The smallest absolute Gasteiger partial charge is 0.246 e. The zero-order valence-electron chi connectivity index (χ0n) is 12.9. The molecule has 0 bridgehead atoms. The van der Waals surface area contributed by atoms with Crippen LogP contribution in [0.25, 0.3) is 0 Å². The predicted molar refractivity (Wildman–Crippen MR) is 85.1 cm³/mol. The van der Waals surface area contributed by atoms with E-state index in [1.54, 1.807) is 6.20 Å². The van der Waals surface area contributed by atoms with Crippen LogP contribution in [-0.2, 0) is 10.0 Å². The highest BCUT2D eigenvalue weighted by atomic mass is 32.2. The van der Waals surface area contributed by atoms with Gasteiger partial charge < -0.3 is 14.1 Å². The minimum atomic E-state index is -3.48. The molecule has 0 unspecified atom stereocenters. The summed E-state index contributed by atoms with van der Waals surface area (Å²) < 4.78 is 36.9. The summed E-state index contributed by atoms with van der Waals surface area (Å²) in [5.41, 5.74) is 0. The van der Waals surface area contributed by atoms with Crippen LogP contribution in [0.1, 0.15) is 6.92 Å². The summed E-state index contributed by atoms with van der Waals surface area (Å²) in [6.45, 7) is 4.41. The second-order valence-corrected chi connectivity index (χ2v) is 7.05. The Kier molecular flexibility index (Phi) is 4.53. The Labute approximate surface area is 135 Å². The lowest BCUT2D eigenvalue weighted by atomic mass is 10.3. The topological polar surface area (TPSA) is 75.9 Å². The number of hydrogen-bond acceptors (Lipinski definition) is 6. The molecule has 3 rings (SSSR count). The third-order valence-electron chi connectivity index (χ3n) is 3.72. The van der Waals surface area contributed by atoms with Crippen LogP contribution < -0.4 is 9.64 Å². The summed E-state index contributed by atoms with van der Waals surface area (Å²) in [5.74, 6) is 1.48. The first-order chi connectivity index (χ1) is 11.1. The molecule has 0 saturated carbocycles. The Morgan fingerprint density at radius 2 is 2.04 bits per heavy atom. The van der Waals surface area contributed by atoms with Gasteiger partial charge in [-0.1, -0.05) is 0 Å². The molecule has 3 heterocycles. The molecular formula is C15H19N3O4S. The number of nitrogens with zero attached hydrogens (tertiary/aromatic N) is 3. The van der Waals surface area contributed by atoms with Crippen molar-refractivity contribution in [2.45, 2.75) is 11.8 Å². The average Bonchev–Trinajstić information content (AvgIpc) is 3.11. The van der Waals surface area contributed by atoms with E-state index in [-0.39, 0.29) is 4.90 Å². The van der Waals surface area contributed by atoms with Gasteiger partial charge in [0.05, 0.1) is 12.9 Å². The van der Waals surface area contributed by atoms with Gasteiger partial charge in [-0.05, 0) is 25.1 Å². The molecule has 8 heteroatoms. The number of aromatic nitrogens is 1. The summed E-state index contributed by atoms with van der Waals surface area (Å²) in [6, 6.07) is 5.17. The highest BCUT2D eigenvalue weighted by Crippen LogP contribution is 2.27. The summed E-state index contributed by atoms with van der Waals surface area (Å²) >= 11 is 0. The average molecular weight is 337 g/mol. The molecule has 0 spiro atoms. The molecule has 7 nitrogen and oxygen atoms in total. The number of furan rings is 1. The SMILES string of the molecule is CCOc1cccnc1N1CCN(S(=O)(=O)c2ccoc2)CC1. The summed E-state index contributed by atoms with van der Waals surface area (Å²) in [4.78, 5) is 6.62. The highest BCUT2D eigenvalue weighted by Gasteiger charge is 2.30. The molecule has 1 aliphatic rings. The van der Waals surface area contributed by atoms with Crippen LogP contribution in [0, 0.1) is 0 Å². The normalized spacial score (nSPS) is 16.5. The molecule has 2 aromatic rings. The molecular weight excluding hydrogens is 318 g/mol. The number of ether oxygens (including phenoxy) is 1. The summed E-state index contributed by atoms with van der Waals surface area (Å²) in [6.07, 6.45) is 4.34. The summed E-state index contributed by atoms with van der Waals surface area (Å²) in [5, 5.41) is 0. The van der Waals surface area contributed by atoms with Crippen LogP contribution in [0.4, 0.5) is 5.82 Å². The van der Waals surface area contributed by atoms with Crippen molar-refractivity contribution in [2.24, 2.45) is 0 Å². The maximum atomic E-state index is 12.5. The minimum absolute atomic E-state index is 0.193. The van der Waals surface area contributed by atoms with Crippen LogP contribution in [0.3, 0.4) is 0 Å². The molecule has 124 valence electrons. The highest BCUT2D eigenvalue weighted by molar-refractivity contribution is 7.89. The number of piperazine rings is 1. The van der Waals surface area contributed by atoms with Gasteiger partial charge in [0.2, 0.25) is 10.0 Å². The van der Waals surface area contributed by atoms with Crippen molar-refractivity contribution in [3.63, 3.8) is 0 Å².